The summed E-state index contributed by atoms with van der Waals surface area (Å²) in [5, 5.41) is 3.26. The zero-order valence-corrected chi connectivity index (χ0v) is 8.30. The zero-order chi connectivity index (χ0) is 10.1. The molecular formula is C13H13N. The van der Waals surface area contributed by atoms with E-state index in [-0.39, 0.29) is 0 Å². The van der Waals surface area contributed by atoms with Crippen LogP contribution in [0.2, 0.25) is 0 Å². The van der Waals surface area contributed by atoms with E-state index in [1.54, 1.807) is 0 Å². The fraction of sp³-hybridized carbons (Fsp3) is 0.0769. The minimum Gasteiger partial charge on any atom is -0.355 e. The van der Waals surface area contributed by atoms with Crippen molar-refractivity contribution < 1.29 is 0 Å². The minimum absolute atomic E-state index is 0.878. The van der Waals surface area contributed by atoms with Crippen molar-refractivity contribution in [1.29, 1.82) is 0 Å². The molecule has 0 saturated carbocycles. The van der Waals surface area contributed by atoms with Gasteiger partial charge in [0, 0.05) is 11.4 Å². The average Bonchev–Trinajstić information content (AvgIpc) is 2.28. The second-order valence-electron chi connectivity index (χ2n) is 3.50. The number of fused-ring (bicyclic) bond motifs is 1. The van der Waals surface area contributed by atoms with E-state index in [0.717, 1.165) is 22.5 Å². The highest BCUT2D eigenvalue weighted by Gasteiger charge is 2.10. The van der Waals surface area contributed by atoms with Gasteiger partial charge >= 0.3 is 0 Å². The minimum atomic E-state index is 0.878. The normalized spacial score (nSPS) is 15.4. The highest BCUT2D eigenvalue weighted by molar-refractivity contribution is 5.76. The van der Waals surface area contributed by atoms with E-state index in [0.29, 0.717) is 0 Å². The average molecular weight is 183 g/mol. The lowest BCUT2D eigenvalue weighted by Crippen LogP contribution is -1.99. The number of hydrogen-bond donors (Lipinski definition) is 1. The van der Waals surface area contributed by atoms with Crippen LogP contribution in [-0.4, -0.2) is 0 Å². The zero-order valence-electron chi connectivity index (χ0n) is 8.30. The van der Waals surface area contributed by atoms with Gasteiger partial charge in [-0.2, -0.15) is 0 Å². The predicted molar refractivity (Wildman–Crippen MR) is 62.0 cm³/mol. The van der Waals surface area contributed by atoms with Crippen LogP contribution in [0.5, 0.6) is 0 Å². The molecule has 0 amide bonds. The van der Waals surface area contributed by atoms with Gasteiger partial charge in [0.15, 0.2) is 0 Å². The summed E-state index contributed by atoms with van der Waals surface area (Å²) < 4.78 is 0. The third kappa shape index (κ3) is 1.37. The van der Waals surface area contributed by atoms with E-state index in [1.165, 1.54) is 5.56 Å². The van der Waals surface area contributed by atoms with Gasteiger partial charge in [0.2, 0.25) is 0 Å². The quantitative estimate of drug-likeness (QED) is 0.648. The largest absolute Gasteiger partial charge is 0.355 e. The first-order chi connectivity index (χ1) is 6.68. The van der Waals surface area contributed by atoms with Crippen molar-refractivity contribution in [3.05, 3.63) is 59.8 Å². The smallest absolute Gasteiger partial charge is 0.0457 e. The van der Waals surface area contributed by atoms with Crippen LogP contribution in [0.15, 0.2) is 54.3 Å². The summed E-state index contributed by atoms with van der Waals surface area (Å²) in [6.45, 7) is 9.99. The van der Waals surface area contributed by atoms with Gasteiger partial charge in [0.25, 0.3) is 0 Å². The van der Waals surface area contributed by atoms with E-state index in [1.807, 2.05) is 18.2 Å². The van der Waals surface area contributed by atoms with Crippen molar-refractivity contribution in [1.82, 2.24) is 0 Å². The van der Waals surface area contributed by atoms with Crippen molar-refractivity contribution in [2.75, 3.05) is 5.32 Å². The molecule has 0 aromatic heterocycles. The van der Waals surface area contributed by atoms with Gasteiger partial charge in [-0.05, 0) is 35.8 Å². The first kappa shape index (κ1) is 8.82. The van der Waals surface area contributed by atoms with Gasteiger partial charge in [-0.15, -0.1) is 0 Å². The monoisotopic (exact) mass is 183 g/mol. The van der Waals surface area contributed by atoms with Crippen molar-refractivity contribution in [3.8, 4) is 0 Å². The second-order valence-corrected chi connectivity index (χ2v) is 3.50. The summed E-state index contributed by atoms with van der Waals surface area (Å²) in [4.78, 5) is 0. The van der Waals surface area contributed by atoms with Crippen LogP contribution in [0.4, 0.5) is 5.69 Å². The molecule has 0 fully saturated rings. The Morgan fingerprint density at radius 1 is 1.14 bits per heavy atom. The molecule has 0 atom stereocenters. The Hall–Kier alpha value is -1.76. The number of anilines is 1. The van der Waals surface area contributed by atoms with E-state index >= 15 is 0 Å². The van der Waals surface area contributed by atoms with Crippen LogP contribution in [-0.2, 0) is 0 Å². The molecular weight excluding hydrogens is 170 g/mol. The van der Waals surface area contributed by atoms with Gasteiger partial charge in [-0.1, -0.05) is 31.4 Å². The molecule has 70 valence electrons. The van der Waals surface area contributed by atoms with Crippen molar-refractivity contribution in [3.63, 3.8) is 0 Å². The molecule has 0 aliphatic carbocycles. The molecule has 1 nitrogen and oxygen atoms in total. The Labute approximate surface area is 84.5 Å². The standard InChI is InChI=1S/C13H13N/c1-9-8-12-6-4-5-7-13(12)14-11(3)10(9)2/h4-8,14H,2-3H2,1H3. The second kappa shape index (κ2) is 3.18. The van der Waals surface area contributed by atoms with Crippen molar-refractivity contribution in [2.24, 2.45) is 0 Å². The number of allylic oxidation sites excluding steroid dienone is 1. The number of hydrogen-bond acceptors (Lipinski definition) is 1. The molecule has 1 heteroatoms. The van der Waals surface area contributed by atoms with Crippen LogP contribution in [0, 0.1) is 0 Å². The number of rotatable bonds is 0. The maximum absolute atomic E-state index is 3.99. The lowest BCUT2D eigenvalue weighted by atomic mass is 10.1. The molecule has 0 unspecified atom stereocenters. The maximum Gasteiger partial charge on any atom is 0.0457 e. The molecule has 0 spiro atoms. The number of benzene rings is 1. The third-order valence-corrected chi connectivity index (χ3v) is 2.46. The van der Waals surface area contributed by atoms with E-state index < -0.39 is 0 Å². The van der Waals surface area contributed by atoms with Crippen LogP contribution in [0.25, 0.3) is 6.08 Å². The van der Waals surface area contributed by atoms with E-state index in [9.17, 15) is 0 Å². The van der Waals surface area contributed by atoms with Crippen LogP contribution < -0.4 is 5.32 Å². The molecule has 0 bridgehead atoms. The Bertz CT molecular complexity index is 438. The van der Waals surface area contributed by atoms with Gasteiger partial charge < -0.3 is 5.32 Å². The first-order valence-electron chi connectivity index (χ1n) is 4.61. The molecule has 1 aromatic carbocycles. The summed E-state index contributed by atoms with van der Waals surface area (Å²) in [6.07, 6.45) is 2.13. The summed E-state index contributed by atoms with van der Waals surface area (Å²) in [6, 6.07) is 8.16. The van der Waals surface area contributed by atoms with Crippen LogP contribution in [0.3, 0.4) is 0 Å². The van der Waals surface area contributed by atoms with Crippen LogP contribution in [0.1, 0.15) is 12.5 Å². The predicted octanol–water partition coefficient (Wildman–Crippen LogP) is 3.59. The Morgan fingerprint density at radius 2 is 1.86 bits per heavy atom. The van der Waals surface area contributed by atoms with Crippen molar-refractivity contribution in [2.45, 2.75) is 6.92 Å². The molecule has 2 rings (SSSR count). The maximum atomic E-state index is 3.99. The fourth-order valence-corrected chi connectivity index (χ4v) is 1.53. The first-order valence-corrected chi connectivity index (χ1v) is 4.61. The third-order valence-electron chi connectivity index (χ3n) is 2.46. The van der Waals surface area contributed by atoms with Gasteiger partial charge in [0.1, 0.15) is 0 Å². The Kier molecular flexibility index (Phi) is 2.01. The molecule has 1 heterocycles. The number of para-hydroxylation sites is 1. The van der Waals surface area contributed by atoms with Gasteiger partial charge in [-0.25, -0.2) is 0 Å². The summed E-state index contributed by atoms with van der Waals surface area (Å²) in [5.74, 6) is 0. The SMILES string of the molecule is C=C1Nc2ccccc2C=C(C)C1=C. The molecule has 1 aliphatic heterocycles. The summed E-state index contributed by atoms with van der Waals surface area (Å²) in [5.41, 5.74) is 5.29. The van der Waals surface area contributed by atoms with Gasteiger partial charge in [-0.3, -0.25) is 0 Å². The topological polar surface area (TPSA) is 12.0 Å². The molecule has 14 heavy (non-hydrogen) atoms. The summed E-state index contributed by atoms with van der Waals surface area (Å²) in [7, 11) is 0. The number of nitrogens with one attached hydrogen (secondary N) is 1. The van der Waals surface area contributed by atoms with Crippen LogP contribution >= 0.6 is 0 Å². The highest BCUT2D eigenvalue weighted by Crippen LogP contribution is 2.28. The Balaban J connectivity index is 2.59. The molecule has 1 N–H and O–H groups in total. The van der Waals surface area contributed by atoms with Gasteiger partial charge in [0.05, 0.1) is 0 Å². The fourth-order valence-electron chi connectivity index (χ4n) is 1.53. The van der Waals surface area contributed by atoms with E-state index in [2.05, 4.69) is 37.5 Å². The van der Waals surface area contributed by atoms with E-state index in [4.69, 9.17) is 0 Å². The highest BCUT2D eigenvalue weighted by atomic mass is 14.9. The lowest BCUT2D eigenvalue weighted by Gasteiger charge is -2.09. The molecule has 1 aromatic rings. The molecule has 0 radical (unpaired) electrons. The molecule has 1 aliphatic rings. The molecule has 0 saturated heterocycles. The lowest BCUT2D eigenvalue weighted by molar-refractivity contribution is 1.38. The van der Waals surface area contributed by atoms with Crippen molar-refractivity contribution >= 4 is 11.8 Å². The Morgan fingerprint density at radius 3 is 2.64 bits per heavy atom. The summed E-state index contributed by atoms with van der Waals surface area (Å²) >= 11 is 0.